The molecule has 0 amide bonds. The van der Waals surface area contributed by atoms with Crippen molar-refractivity contribution in [1.82, 2.24) is 9.97 Å². The Labute approximate surface area is 103 Å². The molecule has 0 aliphatic carbocycles. The molecule has 0 aliphatic heterocycles. The van der Waals surface area contributed by atoms with E-state index in [-0.39, 0.29) is 6.04 Å². The van der Waals surface area contributed by atoms with Gasteiger partial charge in [-0.1, -0.05) is 13.8 Å². The fourth-order valence-corrected chi connectivity index (χ4v) is 1.47. The molecule has 0 fully saturated rings. The van der Waals surface area contributed by atoms with Crippen LogP contribution < -0.4 is 11.1 Å². The molecule has 0 aliphatic rings. The highest BCUT2D eigenvalue weighted by atomic mass is 16.5. The van der Waals surface area contributed by atoms with Gasteiger partial charge >= 0.3 is 0 Å². The van der Waals surface area contributed by atoms with Crippen molar-refractivity contribution in [3.05, 3.63) is 18.1 Å². The number of anilines is 1. The number of ether oxygens (including phenoxy) is 1. The molecule has 0 saturated heterocycles. The van der Waals surface area contributed by atoms with E-state index in [1.807, 2.05) is 6.07 Å². The SMILES string of the molecule is COCC(N)CCNc1cc(C(C)C)ncn1. The summed E-state index contributed by atoms with van der Waals surface area (Å²) in [6, 6.07) is 2.05. The van der Waals surface area contributed by atoms with Crippen LogP contribution in [0, 0.1) is 0 Å². The van der Waals surface area contributed by atoms with E-state index in [1.54, 1.807) is 13.4 Å². The normalized spacial score (nSPS) is 12.8. The van der Waals surface area contributed by atoms with Gasteiger partial charge in [0.1, 0.15) is 12.1 Å². The molecule has 1 atom stereocenters. The minimum Gasteiger partial charge on any atom is -0.383 e. The van der Waals surface area contributed by atoms with Crippen LogP contribution in [-0.4, -0.2) is 36.3 Å². The van der Waals surface area contributed by atoms with Crippen LogP contribution in [0.5, 0.6) is 0 Å². The van der Waals surface area contributed by atoms with Crippen LogP contribution in [0.4, 0.5) is 5.82 Å². The molecule has 3 N–H and O–H groups in total. The molecule has 1 aromatic rings. The molecule has 1 rings (SSSR count). The molecule has 5 nitrogen and oxygen atoms in total. The monoisotopic (exact) mass is 238 g/mol. The Hall–Kier alpha value is -1.20. The Kier molecular flexibility index (Phi) is 5.86. The summed E-state index contributed by atoms with van der Waals surface area (Å²) >= 11 is 0. The Balaban J connectivity index is 2.38. The molecule has 1 aromatic heterocycles. The smallest absolute Gasteiger partial charge is 0.129 e. The molecule has 0 aromatic carbocycles. The van der Waals surface area contributed by atoms with Crippen molar-refractivity contribution in [1.29, 1.82) is 0 Å². The molecule has 96 valence electrons. The van der Waals surface area contributed by atoms with Gasteiger partial charge in [-0.3, -0.25) is 0 Å². The fraction of sp³-hybridized carbons (Fsp3) is 0.667. The van der Waals surface area contributed by atoms with Crippen molar-refractivity contribution in [3.63, 3.8) is 0 Å². The second-order valence-electron chi connectivity index (χ2n) is 4.41. The third-order valence-electron chi connectivity index (χ3n) is 2.48. The standard InChI is InChI=1S/C12H22N4O/c1-9(2)11-6-12(16-8-15-11)14-5-4-10(13)7-17-3/h6,8-10H,4-5,7,13H2,1-3H3,(H,14,15,16). The number of rotatable bonds is 7. The van der Waals surface area contributed by atoms with E-state index in [2.05, 4.69) is 29.1 Å². The minimum atomic E-state index is 0.0684. The average Bonchev–Trinajstić information content (AvgIpc) is 2.30. The van der Waals surface area contributed by atoms with E-state index < -0.39 is 0 Å². The lowest BCUT2D eigenvalue weighted by Crippen LogP contribution is -2.28. The van der Waals surface area contributed by atoms with Crippen molar-refractivity contribution >= 4 is 5.82 Å². The molecule has 1 heterocycles. The van der Waals surface area contributed by atoms with Gasteiger partial charge in [-0.25, -0.2) is 9.97 Å². The lowest BCUT2D eigenvalue weighted by atomic mass is 10.1. The first-order valence-corrected chi connectivity index (χ1v) is 5.93. The van der Waals surface area contributed by atoms with Gasteiger partial charge in [0, 0.05) is 31.5 Å². The predicted molar refractivity (Wildman–Crippen MR) is 69.1 cm³/mol. The number of nitrogens with two attached hydrogens (primary N) is 1. The van der Waals surface area contributed by atoms with E-state index in [9.17, 15) is 0 Å². The van der Waals surface area contributed by atoms with E-state index in [0.717, 1.165) is 24.5 Å². The van der Waals surface area contributed by atoms with Gasteiger partial charge in [0.15, 0.2) is 0 Å². The summed E-state index contributed by atoms with van der Waals surface area (Å²) in [6.45, 7) is 5.60. The van der Waals surface area contributed by atoms with Crippen LogP contribution in [0.1, 0.15) is 31.9 Å². The number of nitrogens with zero attached hydrogens (tertiary/aromatic N) is 2. The summed E-state index contributed by atoms with van der Waals surface area (Å²) in [5, 5.41) is 3.24. The third kappa shape index (κ3) is 5.10. The van der Waals surface area contributed by atoms with Crippen molar-refractivity contribution < 1.29 is 4.74 Å². The Bertz CT molecular complexity index is 330. The second kappa shape index (κ2) is 7.19. The lowest BCUT2D eigenvalue weighted by molar-refractivity contribution is 0.178. The Morgan fingerprint density at radius 3 is 2.82 bits per heavy atom. The summed E-state index contributed by atoms with van der Waals surface area (Å²) in [6.07, 6.45) is 2.45. The number of aromatic nitrogens is 2. The molecule has 0 saturated carbocycles. The predicted octanol–water partition coefficient (Wildman–Crippen LogP) is 1.38. The molecule has 5 heteroatoms. The van der Waals surface area contributed by atoms with E-state index in [1.165, 1.54) is 0 Å². The van der Waals surface area contributed by atoms with Gasteiger partial charge < -0.3 is 15.8 Å². The molecule has 17 heavy (non-hydrogen) atoms. The van der Waals surface area contributed by atoms with Crippen LogP contribution in [-0.2, 0) is 4.74 Å². The highest BCUT2D eigenvalue weighted by molar-refractivity contribution is 5.35. The third-order valence-corrected chi connectivity index (χ3v) is 2.48. The van der Waals surface area contributed by atoms with Gasteiger partial charge in [0.05, 0.1) is 6.61 Å². The quantitative estimate of drug-likeness (QED) is 0.750. The number of methoxy groups -OCH3 is 1. The van der Waals surface area contributed by atoms with Crippen LogP contribution in [0.15, 0.2) is 12.4 Å². The molecule has 0 spiro atoms. The van der Waals surface area contributed by atoms with Crippen molar-refractivity contribution in [2.24, 2.45) is 5.73 Å². The minimum absolute atomic E-state index is 0.0684. The zero-order chi connectivity index (χ0) is 12.7. The number of nitrogens with one attached hydrogen (secondary N) is 1. The van der Waals surface area contributed by atoms with Gasteiger partial charge in [-0.15, -0.1) is 0 Å². The molecule has 0 bridgehead atoms. The van der Waals surface area contributed by atoms with Crippen LogP contribution >= 0.6 is 0 Å². The zero-order valence-electron chi connectivity index (χ0n) is 10.8. The van der Waals surface area contributed by atoms with E-state index >= 15 is 0 Å². The maximum Gasteiger partial charge on any atom is 0.129 e. The van der Waals surface area contributed by atoms with Crippen LogP contribution in [0.3, 0.4) is 0 Å². The van der Waals surface area contributed by atoms with Crippen molar-refractivity contribution in [3.8, 4) is 0 Å². The zero-order valence-corrected chi connectivity index (χ0v) is 10.8. The Morgan fingerprint density at radius 2 is 2.18 bits per heavy atom. The molecular weight excluding hydrogens is 216 g/mol. The second-order valence-corrected chi connectivity index (χ2v) is 4.41. The first kappa shape index (κ1) is 13.9. The van der Waals surface area contributed by atoms with Gasteiger partial charge in [-0.2, -0.15) is 0 Å². The van der Waals surface area contributed by atoms with E-state index in [4.69, 9.17) is 10.5 Å². The van der Waals surface area contributed by atoms with Crippen LogP contribution in [0.2, 0.25) is 0 Å². The fourth-order valence-electron chi connectivity index (χ4n) is 1.47. The first-order chi connectivity index (χ1) is 8.13. The summed E-state index contributed by atoms with van der Waals surface area (Å²) < 4.78 is 4.98. The van der Waals surface area contributed by atoms with Gasteiger partial charge in [0.2, 0.25) is 0 Å². The van der Waals surface area contributed by atoms with Gasteiger partial charge in [-0.05, 0) is 12.3 Å². The van der Waals surface area contributed by atoms with Gasteiger partial charge in [0.25, 0.3) is 0 Å². The Morgan fingerprint density at radius 1 is 1.41 bits per heavy atom. The summed E-state index contributed by atoms with van der Waals surface area (Å²) in [5.41, 5.74) is 6.87. The van der Waals surface area contributed by atoms with Crippen molar-refractivity contribution in [2.45, 2.75) is 32.2 Å². The summed E-state index contributed by atoms with van der Waals surface area (Å²) in [7, 11) is 1.66. The number of hydrogen-bond donors (Lipinski definition) is 2. The highest BCUT2D eigenvalue weighted by Crippen LogP contribution is 2.13. The van der Waals surface area contributed by atoms with E-state index in [0.29, 0.717) is 12.5 Å². The molecule has 1 unspecified atom stereocenters. The largest absolute Gasteiger partial charge is 0.383 e. The van der Waals surface area contributed by atoms with Crippen molar-refractivity contribution in [2.75, 3.05) is 25.6 Å². The molecular formula is C12H22N4O. The highest BCUT2D eigenvalue weighted by Gasteiger charge is 2.04. The average molecular weight is 238 g/mol. The lowest BCUT2D eigenvalue weighted by Gasteiger charge is -2.12. The maximum absolute atomic E-state index is 5.83. The summed E-state index contributed by atoms with van der Waals surface area (Å²) in [5.74, 6) is 1.27. The maximum atomic E-state index is 5.83. The number of hydrogen-bond acceptors (Lipinski definition) is 5. The first-order valence-electron chi connectivity index (χ1n) is 5.93. The summed E-state index contributed by atoms with van der Waals surface area (Å²) in [4.78, 5) is 8.39. The van der Waals surface area contributed by atoms with Crippen LogP contribution in [0.25, 0.3) is 0 Å². The topological polar surface area (TPSA) is 73.1 Å². The molecule has 0 radical (unpaired) electrons.